The Kier molecular flexibility index (Phi) is 2.92. The first kappa shape index (κ1) is 10.7. The molecule has 2 aromatic rings. The van der Waals surface area contributed by atoms with Gasteiger partial charge < -0.3 is 9.84 Å². The first-order valence-corrected chi connectivity index (χ1v) is 5.50. The van der Waals surface area contributed by atoms with Gasteiger partial charge in [-0.1, -0.05) is 30.3 Å². The van der Waals surface area contributed by atoms with Crippen LogP contribution in [0.15, 0.2) is 36.4 Å². The number of methoxy groups -OCH3 is 1. The minimum absolute atomic E-state index is 0.0318. The molecule has 0 aliphatic carbocycles. The minimum Gasteiger partial charge on any atom is -0.506 e. The van der Waals surface area contributed by atoms with Crippen LogP contribution < -0.4 is 0 Å². The molecule has 1 heterocycles. The summed E-state index contributed by atoms with van der Waals surface area (Å²) in [5.41, 5.74) is 0.970. The highest BCUT2D eigenvalue weighted by atomic mass is 32.1. The molecule has 82 valence electrons. The quantitative estimate of drug-likeness (QED) is 0.813. The lowest BCUT2D eigenvalue weighted by Crippen LogP contribution is -1.97. The number of thiophene rings is 1. The van der Waals surface area contributed by atoms with Crippen LogP contribution >= 0.6 is 11.3 Å². The zero-order valence-electron chi connectivity index (χ0n) is 8.64. The average Bonchev–Trinajstić information content (AvgIpc) is 2.71. The molecule has 0 aliphatic rings. The predicted molar refractivity (Wildman–Crippen MR) is 62.8 cm³/mol. The van der Waals surface area contributed by atoms with Crippen molar-refractivity contribution >= 4 is 17.3 Å². The smallest absolute Gasteiger partial charge is 0.351 e. The number of hydrogen-bond donors (Lipinski definition) is 1. The Hall–Kier alpha value is -1.81. The molecule has 16 heavy (non-hydrogen) atoms. The van der Waals surface area contributed by atoms with Gasteiger partial charge in [0, 0.05) is 4.88 Å². The second kappa shape index (κ2) is 4.37. The molecule has 0 atom stereocenters. The zero-order valence-corrected chi connectivity index (χ0v) is 9.45. The molecule has 0 unspecified atom stereocenters. The van der Waals surface area contributed by atoms with E-state index >= 15 is 0 Å². The minimum atomic E-state index is -0.510. The van der Waals surface area contributed by atoms with Gasteiger partial charge in [-0.3, -0.25) is 0 Å². The molecular formula is C12H10O3S. The molecule has 2 rings (SSSR count). The van der Waals surface area contributed by atoms with Crippen LogP contribution in [0.5, 0.6) is 5.75 Å². The van der Waals surface area contributed by atoms with Crippen LogP contribution in [-0.2, 0) is 4.74 Å². The summed E-state index contributed by atoms with van der Waals surface area (Å²) in [6.45, 7) is 0. The molecule has 1 aromatic carbocycles. The molecule has 0 aliphatic heterocycles. The summed E-state index contributed by atoms with van der Waals surface area (Å²) in [5.74, 6) is -0.541. The van der Waals surface area contributed by atoms with E-state index in [1.807, 2.05) is 30.3 Å². The SMILES string of the molecule is COC(=O)c1sc(-c2ccccc2)cc1O. The number of hydrogen-bond acceptors (Lipinski definition) is 4. The van der Waals surface area contributed by atoms with Gasteiger partial charge in [-0.2, -0.15) is 0 Å². The Morgan fingerprint density at radius 3 is 2.62 bits per heavy atom. The van der Waals surface area contributed by atoms with Crippen molar-refractivity contribution < 1.29 is 14.6 Å². The summed E-state index contributed by atoms with van der Waals surface area (Å²) in [5, 5.41) is 9.60. The molecule has 0 saturated heterocycles. The normalized spacial score (nSPS) is 10.1. The van der Waals surface area contributed by atoms with Crippen LogP contribution in [0, 0.1) is 0 Å². The maximum atomic E-state index is 11.3. The summed E-state index contributed by atoms with van der Waals surface area (Å²) in [7, 11) is 1.30. The third-order valence-corrected chi connectivity index (χ3v) is 3.29. The number of carbonyl (C=O) groups is 1. The van der Waals surface area contributed by atoms with Crippen molar-refractivity contribution in [3.05, 3.63) is 41.3 Å². The van der Waals surface area contributed by atoms with Crippen molar-refractivity contribution in [1.29, 1.82) is 0 Å². The molecule has 1 N–H and O–H groups in total. The highest BCUT2D eigenvalue weighted by molar-refractivity contribution is 7.17. The second-order valence-electron chi connectivity index (χ2n) is 3.18. The molecule has 0 fully saturated rings. The van der Waals surface area contributed by atoms with Gasteiger partial charge in [-0.05, 0) is 11.6 Å². The fourth-order valence-electron chi connectivity index (χ4n) is 1.37. The van der Waals surface area contributed by atoms with Gasteiger partial charge in [-0.15, -0.1) is 11.3 Å². The van der Waals surface area contributed by atoms with Crippen LogP contribution in [0.4, 0.5) is 0 Å². The number of benzene rings is 1. The number of carbonyl (C=O) groups excluding carboxylic acids is 1. The van der Waals surface area contributed by atoms with Gasteiger partial charge in [0.1, 0.15) is 5.75 Å². The standard InChI is InChI=1S/C12H10O3S/c1-15-12(14)11-9(13)7-10(16-11)8-5-3-2-4-6-8/h2-7,13H,1H3. The summed E-state index contributed by atoms with van der Waals surface area (Å²) in [6, 6.07) is 11.1. The van der Waals surface area contributed by atoms with Gasteiger partial charge in [0.05, 0.1) is 7.11 Å². The van der Waals surface area contributed by atoms with Gasteiger partial charge in [0.15, 0.2) is 4.88 Å². The van der Waals surface area contributed by atoms with Crippen LogP contribution in [0.3, 0.4) is 0 Å². The predicted octanol–water partition coefficient (Wildman–Crippen LogP) is 2.91. The average molecular weight is 234 g/mol. The number of rotatable bonds is 2. The van der Waals surface area contributed by atoms with Crippen LogP contribution in [-0.4, -0.2) is 18.2 Å². The van der Waals surface area contributed by atoms with Crippen molar-refractivity contribution in [1.82, 2.24) is 0 Å². The molecular weight excluding hydrogens is 224 g/mol. The van der Waals surface area contributed by atoms with Crippen molar-refractivity contribution in [2.45, 2.75) is 0 Å². The molecule has 4 heteroatoms. The van der Waals surface area contributed by atoms with Gasteiger partial charge in [-0.25, -0.2) is 4.79 Å². The molecule has 0 spiro atoms. The third-order valence-electron chi connectivity index (χ3n) is 2.14. The second-order valence-corrected chi connectivity index (χ2v) is 4.23. The maximum Gasteiger partial charge on any atom is 0.351 e. The van der Waals surface area contributed by atoms with Gasteiger partial charge in [0.2, 0.25) is 0 Å². The van der Waals surface area contributed by atoms with Crippen LogP contribution in [0.25, 0.3) is 10.4 Å². The van der Waals surface area contributed by atoms with Crippen LogP contribution in [0.2, 0.25) is 0 Å². The van der Waals surface area contributed by atoms with Crippen molar-refractivity contribution in [2.24, 2.45) is 0 Å². The Morgan fingerprint density at radius 1 is 1.31 bits per heavy atom. The summed E-state index contributed by atoms with van der Waals surface area (Å²) in [4.78, 5) is 12.4. The first-order chi connectivity index (χ1) is 7.72. The van der Waals surface area contributed by atoms with Crippen molar-refractivity contribution in [3.8, 4) is 16.2 Å². The Morgan fingerprint density at radius 2 is 2.00 bits per heavy atom. The number of esters is 1. The molecule has 0 bridgehead atoms. The summed E-state index contributed by atoms with van der Waals surface area (Å²) >= 11 is 1.22. The lowest BCUT2D eigenvalue weighted by Gasteiger charge is -1.95. The highest BCUT2D eigenvalue weighted by Crippen LogP contribution is 2.35. The van der Waals surface area contributed by atoms with Gasteiger partial charge in [0.25, 0.3) is 0 Å². The lowest BCUT2D eigenvalue weighted by atomic mass is 10.2. The summed E-state index contributed by atoms with van der Waals surface area (Å²) < 4.78 is 4.58. The third kappa shape index (κ3) is 1.92. The number of aromatic hydroxyl groups is 1. The molecule has 0 radical (unpaired) electrons. The molecule has 0 amide bonds. The molecule has 3 nitrogen and oxygen atoms in total. The van der Waals surface area contributed by atoms with E-state index in [-0.39, 0.29) is 10.6 Å². The summed E-state index contributed by atoms with van der Waals surface area (Å²) in [6.07, 6.45) is 0. The maximum absolute atomic E-state index is 11.3. The lowest BCUT2D eigenvalue weighted by molar-refractivity contribution is 0.0603. The largest absolute Gasteiger partial charge is 0.506 e. The van der Waals surface area contributed by atoms with Gasteiger partial charge >= 0.3 is 5.97 Å². The number of ether oxygens (including phenoxy) is 1. The van der Waals surface area contributed by atoms with Crippen LogP contribution in [0.1, 0.15) is 9.67 Å². The Labute approximate surface area is 96.9 Å². The Balaban J connectivity index is 2.42. The fourth-order valence-corrected chi connectivity index (χ4v) is 2.34. The topological polar surface area (TPSA) is 46.5 Å². The molecule has 1 aromatic heterocycles. The van der Waals surface area contributed by atoms with E-state index in [9.17, 15) is 9.90 Å². The van der Waals surface area contributed by atoms with E-state index in [2.05, 4.69) is 4.74 Å². The highest BCUT2D eigenvalue weighted by Gasteiger charge is 2.16. The van der Waals surface area contributed by atoms with Crippen molar-refractivity contribution in [2.75, 3.05) is 7.11 Å². The van der Waals surface area contributed by atoms with E-state index in [4.69, 9.17) is 0 Å². The molecule has 0 saturated carbocycles. The Bertz CT molecular complexity index is 502. The van der Waals surface area contributed by atoms with E-state index in [0.29, 0.717) is 0 Å². The van der Waals surface area contributed by atoms with E-state index in [1.165, 1.54) is 18.4 Å². The van der Waals surface area contributed by atoms with E-state index in [0.717, 1.165) is 10.4 Å². The fraction of sp³-hybridized carbons (Fsp3) is 0.0833. The zero-order chi connectivity index (χ0) is 11.5. The monoisotopic (exact) mass is 234 g/mol. The van der Waals surface area contributed by atoms with E-state index < -0.39 is 5.97 Å². The first-order valence-electron chi connectivity index (χ1n) is 4.69. The van der Waals surface area contributed by atoms with Crippen molar-refractivity contribution in [3.63, 3.8) is 0 Å². The van der Waals surface area contributed by atoms with E-state index in [1.54, 1.807) is 6.07 Å².